The first-order valence-electron chi connectivity index (χ1n) is 11.8. The van der Waals surface area contributed by atoms with Gasteiger partial charge in [-0.2, -0.15) is 0 Å². The van der Waals surface area contributed by atoms with Gasteiger partial charge in [0.1, 0.15) is 0 Å². The van der Waals surface area contributed by atoms with Crippen molar-refractivity contribution in [3.63, 3.8) is 0 Å². The smallest absolute Gasteiger partial charge is 0.0819 e. The minimum absolute atomic E-state index is 0.465. The zero-order chi connectivity index (χ0) is 19.0. The summed E-state index contributed by atoms with van der Waals surface area (Å²) in [7, 11) is 0. The Bertz CT molecular complexity index is 263. The van der Waals surface area contributed by atoms with Crippen molar-refractivity contribution in [2.45, 2.75) is 135 Å². The van der Waals surface area contributed by atoms with Gasteiger partial charge in [0, 0.05) is 0 Å². The highest BCUT2D eigenvalue weighted by Crippen LogP contribution is 2.14. The molecule has 0 radical (unpaired) electrons. The van der Waals surface area contributed by atoms with E-state index in [1.165, 1.54) is 109 Å². The summed E-state index contributed by atoms with van der Waals surface area (Å²) in [5.74, 6) is 0. The molecule has 0 aliphatic heterocycles. The molecule has 0 atom stereocenters. The minimum Gasteiger partial charge on any atom is -0.252 e. The van der Waals surface area contributed by atoms with E-state index in [4.69, 9.17) is 5.26 Å². The SMILES string of the molecule is CCCCCCCCCCCCCCCCCC/C=C/CCCCOO. The molecular weight excluding hydrogens is 320 g/mol. The van der Waals surface area contributed by atoms with Crippen LogP contribution in [0.2, 0.25) is 0 Å². The van der Waals surface area contributed by atoms with Crippen LogP contribution >= 0.6 is 0 Å². The third kappa shape index (κ3) is 23.7. The summed E-state index contributed by atoms with van der Waals surface area (Å²) < 4.78 is 0. The normalized spacial score (nSPS) is 11.6. The van der Waals surface area contributed by atoms with Gasteiger partial charge in [-0.3, -0.25) is 5.26 Å². The first kappa shape index (κ1) is 25.7. The van der Waals surface area contributed by atoms with Crippen LogP contribution in [0, 0.1) is 0 Å². The molecule has 0 aliphatic carbocycles. The molecule has 0 bridgehead atoms. The van der Waals surface area contributed by atoms with Crippen molar-refractivity contribution in [1.29, 1.82) is 0 Å². The summed E-state index contributed by atoms with van der Waals surface area (Å²) >= 11 is 0. The molecule has 0 unspecified atom stereocenters. The molecule has 2 nitrogen and oxygen atoms in total. The molecule has 0 aromatic heterocycles. The summed E-state index contributed by atoms with van der Waals surface area (Å²) in [6.45, 7) is 2.76. The lowest BCUT2D eigenvalue weighted by atomic mass is 10.0. The van der Waals surface area contributed by atoms with E-state index in [-0.39, 0.29) is 0 Å². The number of hydrogen-bond donors (Lipinski definition) is 1. The fourth-order valence-electron chi connectivity index (χ4n) is 3.47. The Balaban J connectivity index is 3.01. The van der Waals surface area contributed by atoms with Gasteiger partial charge in [-0.05, 0) is 32.1 Å². The highest BCUT2D eigenvalue weighted by Gasteiger charge is 1.94. The third-order valence-corrected chi connectivity index (χ3v) is 5.25. The zero-order valence-electron chi connectivity index (χ0n) is 17.9. The second-order valence-corrected chi connectivity index (χ2v) is 7.89. The lowest BCUT2D eigenvalue weighted by Crippen LogP contribution is -1.87. The predicted octanol–water partition coefficient (Wildman–Crippen LogP) is 8.85. The molecule has 156 valence electrons. The van der Waals surface area contributed by atoms with Crippen molar-refractivity contribution in [2.75, 3.05) is 6.61 Å². The maximum Gasteiger partial charge on any atom is 0.0819 e. The maximum absolute atomic E-state index is 8.21. The average Bonchev–Trinajstić information content (AvgIpc) is 2.66. The van der Waals surface area contributed by atoms with Crippen molar-refractivity contribution < 1.29 is 10.1 Å². The van der Waals surface area contributed by atoms with Gasteiger partial charge in [-0.1, -0.05) is 115 Å². The van der Waals surface area contributed by atoms with Crippen molar-refractivity contribution in [2.24, 2.45) is 0 Å². The lowest BCUT2D eigenvalue weighted by Gasteiger charge is -2.03. The van der Waals surface area contributed by atoms with Crippen molar-refractivity contribution in [3.8, 4) is 0 Å². The fraction of sp³-hybridized carbons (Fsp3) is 0.917. The van der Waals surface area contributed by atoms with Crippen LogP contribution in [0.25, 0.3) is 0 Å². The highest BCUT2D eigenvalue weighted by molar-refractivity contribution is 4.81. The molecule has 1 N–H and O–H groups in total. The molecule has 0 aromatic carbocycles. The van der Waals surface area contributed by atoms with E-state index in [9.17, 15) is 0 Å². The van der Waals surface area contributed by atoms with E-state index < -0.39 is 0 Å². The first-order valence-corrected chi connectivity index (χ1v) is 11.8. The van der Waals surface area contributed by atoms with Crippen LogP contribution in [-0.2, 0) is 4.89 Å². The molecule has 0 heterocycles. The molecule has 0 fully saturated rings. The Morgan fingerprint density at radius 2 is 0.846 bits per heavy atom. The standard InChI is InChI=1S/C24H48O2/c1-2-3-4-5-6-7-8-9-10-11-12-13-14-15-16-17-18-19-20-21-22-23-24-26-25/h19-20,25H,2-18,21-24H2,1H3/b20-19+. The first-order chi connectivity index (χ1) is 12.9. The van der Waals surface area contributed by atoms with Crippen LogP contribution in [0.4, 0.5) is 0 Å². The second kappa shape index (κ2) is 24.7. The van der Waals surface area contributed by atoms with Crippen LogP contribution in [0.3, 0.4) is 0 Å². The Morgan fingerprint density at radius 3 is 1.23 bits per heavy atom. The molecule has 0 amide bonds. The molecular formula is C24H48O2. The predicted molar refractivity (Wildman–Crippen MR) is 116 cm³/mol. The highest BCUT2D eigenvalue weighted by atomic mass is 17.1. The minimum atomic E-state index is 0.465. The molecule has 0 saturated heterocycles. The molecule has 2 heteroatoms. The largest absolute Gasteiger partial charge is 0.252 e. The molecule has 0 saturated carbocycles. The molecule has 0 aromatic rings. The lowest BCUT2D eigenvalue weighted by molar-refractivity contribution is -0.242. The van der Waals surface area contributed by atoms with E-state index >= 15 is 0 Å². The van der Waals surface area contributed by atoms with Gasteiger partial charge in [0.2, 0.25) is 0 Å². The van der Waals surface area contributed by atoms with Gasteiger partial charge in [0.05, 0.1) is 6.61 Å². The Labute approximate surface area is 164 Å². The van der Waals surface area contributed by atoms with Gasteiger partial charge < -0.3 is 0 Å². The van der Waals surface area contributed by atoms with E-state index in [0.29, 0.717) is 6.61 Å². The summed E-state index contributed by atoms with van der Waals surface area (Å²) in [6.07, 6.45) is 32.0. The third-order valence-electron chi connectivity index (χ3n) is 5.25. The van der Waals surface area contributed by atoms with Crippen LogP contribution in [0.5, 0.6) is 0 Å². The van der Waals surface area contributed by atoms with Crippen LogP contribution in [0.1, 0.15) is 135 Å². The van der Waals surface area contributed by atoms with Crippen LogP contribution in [0.15, 0.2) is 12.2 Å². The number of unbranched alkanes of at least 4 members (excludes halogenated alkanes) is 18. The number of hydrogen-bond acceptors (Lipinski definition) is 2. The quantitative estimate of drug-likeness (QED) is 0.0894. The van der Waals surface area contributed by atoms with E-state index in [0.717, 1.165) is 19.3 Å². The van der Waals surface area contributed by atoms with E-state index in [1.807, 2.05) is 0 Å². The molecule has 26 heavy (non-hydrogen) atoms. The Morgan fingerprint density at radius 1 is 0.500 bits per heavy atom. The van der Waals surface area contributed by atoms with Gasteiger partial charge in [0.15, 0.2) is 0 Å². The molecule has 0 spiro atoms. The van der Waals surface area contributed by atoms with Crippen LogP contribution in [-0.4, -0.2) is 11.9 Å². The summed E-state index contributed by atoms with van der Waals surface area (Å²) in [5, 5.41) is 8.21. The maximum atomic E-state index is 8.21. The van der Waals surface area contributed by atoms with Crippen molar-refractivity contribution in [3.05, 3.63) is 12.2 Å². The molecule has 0 aliphatic rings. The summed E-state index contributed by atoms with van der Waals surface area (Å²) in [6, 6.07) is 0. The van der Waals surface area contributed by atoms with E-state index in [2.05, 4.69) is 24.0 Å². The summed E-state index contributed by atoms with van der Waals surface area (Å²) in [4.78, 5) is 4.06. The van der Waals surface area contributed by atoms with Gasteiger partial charge in [-0.15, -0.1) is 0 Å². The van der Waals surface area contributed by atoms with Crippen molar-refractivity contribution >= 4 is 0 Å². The van der Waals surface area contributed by atoms with Gasteiger partial charge in [0.25, 0.3) is 0 Å². The monoisotopic (exact) mass is 368 g/mol. The second-order valence-electron chi connectivity index (χ2n) is 7.89. The number of rotatable bonds is 22. The average molecular weight is 369 g/mol. The Kier molecular flexibility index (Phi) is 24.3. The Hall–Kier alpha value is -0.340. The van der Waals surface area contributed by atoms with Crippen molar-refractivity contribution in [1.82, 2.24) is 0 Å². The van der Waals surface area contributed by atoms with E-state index in [1.54, 1.807) is 0 Å². The van der Waals surface area contributed by atoms with Crippen LogP contribution < -0.4 is 0 Å². The summed E-state index contributed by atoms with van der Waals surface area (Å²) in [5.41, 5.74) is 0. The fourth-order valence-corrected chi connectivity index (χ4v) is 3.47. The number of allylic oxidation sites excluding steroid dienone is 2. The van der Waals surface area contributed by atoms with Gasteiger partial charge in [-0.25, -0.2) is 4.89 Å². The topological polar surface area (TPSA) is 29.5 Å². The molecule has 0 rings (SSSR count). The zero-order valence-corrected chi connectivity index (χ0v) is 17.9. The van der Waals surface area contributed by atoms with Gasteiger partial charge >= 0.3 is 0 Å².